The summed E-state index contributed by atoms with van der Waals surface area (Å²) < 4.78 is 10.7. The van der Waals surface area contributed by atoms with Crippen LogP contribution in [0.25, 0.3) is 11.6 Å². The van der Waals surface area contributed by atoms with Gasteiger partial charge in [-0.15, -0.1) is 0 Å². The van der Waals surface area contributed by atoms with Crippen molar-refractivity contribution in [1.29, 1.82) is 5.26 Å². The number of benzene rings is 2. The third-order valence-electron chi connectivity index (χ3n) is 3.57. The molecule has 0 unspecified atom stereocenters. The highest BCUT2D eigenvalue weighted by Gasteiger charge is 2.12. The molecule has 2 aromatic carbocycles. The molecular formula is C21H20ClNO3. The predicted octanol–water partition coefficient (Wildman–Crippen LogP) is 5.36. The minimum absolute atomic E-state index is 0.216. The quantitative estimate of drug-likeness (QED) is 0.297. The van der Waals surface area contributed by atoms with Gasteiger partial charge >= 0.3 is 5.97 Å². The van der Waals surface area contributed by atoms with E-state index in [1.165, 1.54) is 7.11 Å². The van der Waals surface area contributed by atoms with Crippen molar-refractivity contribution in [3.8, 4) is 17.6 Å². The summed E-state index contributed by atoms with van der Waals surface area (Å²) in [6, 6.07) is 14.4. The minimum Gasteiger partial charge on any atom is -0.493 e. The molecule has 2 rings (SSSR count). The smallest absolute Gasteiger partial charge is 0.311 e. The highest BCUT2D eigenvalue weighted by atomic mass is 35.5. The number of carbonyl (C=O) groups is 1. The van der Waals surface area contributed by atoms with E-state index in [0.29, 0.717) is 28.5 Å². The standard InChI is InChI=1S/C21H20ClNO3/c1-14(2)10-21(24)26-19-9-4-15(12-20(19)25-3)11-17(13-23)16-5-7-18(22)8-6-16/h4-9,11-12,14H,10H2,1-3H3/b17-11-. The molecule has 0 N–H and O–H groups in total. The number of esters is 1. The van der Waals surface area contributed by atoms with Gasteiger partial charge in [0.05, 0.1) is 18.8 Å². The van der Waals surface area contributed by atoms with Crippen molar-refractivity contribution < 1.29 is 14.3 Å². The highest BCUT2D eigenvalue weighted by molar-refractivity contribution is 6.30. The van der Waals surface area contributed by atoms with E-state index in [1.54, 1.807) is 48.5 Å². The minimum atomic E-state index is -0.305. The second-order valence-corrected chi connectivity index (χ2v) is 6.60. The summed E-state index contributed by atoms with van der Waals surface area (Å²) in [5.41, 5.74) is 2.02. The first-order valence-electron chi connectivity index (χ1n) is 8.19. The highest BCUT2D eigenvalue weighted by Crippen LogP contribution is 2.30. The van der Waals surface area contributed by atoms with Crippen LogP contribution in [-0.4, -0.2) is 13.1 Å². The van der Waals surface area contributed by atoms with Crippen LogP contribution in [0.4, 0.5) is 0 Å². The summed E-state index contributed by atoms with van der Waals surface area (Å²) in [7, 11) is 1.51. The molecule has 0 aliphatic carbocycles. The summed E-state index contributed by atoms with van der Waals surface area (Å²) in [5.74, 6) is 0.707. The van der Waals surface area contributed by atoms with Crippen LogP contribution in [-0.2, 0) is 4.79 Å². The van der Waals surface area contributed by atoms with E-state index in [9.17, 15) is 10.1 Å². The monoisotopic (exact) mass is 369 g/mol. The SMILES string of the molecule is COc1cc(/C=C(/C#N)c2ccc(Cl)cc2)ccc1OC(=O)CC(C)C. The van der Waals surface area contributed by atoms with Crippen molar-refractivity contribution >= 4 is 29.2 Å². The van der Waals surface area contributed by atoms with Gasteiger partial charge in [0.1, 0.15) is 0 Å². The van der Waals surface area contributed by atoms with Gasteiger partial charge in [0.25, 0.3) is 0 Å². The maximum Gasteiger partial charge on any atom is 0.311 e. The third kappa shape index (κ3) is 5.37. The molecule has 0 saturated carbocycles. The number of carbonyl (C=O) groups excluding carboxylic acids is 1. The van der Waals surface area contributed by atoms with E-state index in [0.717, 1.165) is 11.1 Å². The molecule has 5 heteroatoms. The van der Waals surface area contributed by atoms with Gasteiger partial charge in [0, 0.05) is 11.4 Å². The summed E-state index contributed by atoms with van der Waals surface area (Å²) in [6.07, 6.45) is 2.07. The van der Waals surface area contributed by atoms with Crippen molar-refractivity contribution in [2.45, 2.75) is 20.3 Å². The Morgan fingerprint density at radius 1 is 1.19 bits per heavy atom. The Labute approximate surface area is 158 Å². The molecule has 0 amide bonds. The van der Waals surface area contributed by atoms with E-state index in [1.807, 2.05) is 13.8 Å². The van der Waals surface area contributed by atoms with E-state index >= 15 is 0 Å². The summed E-state index contributed by atoms with van der Waals surface area (Å²) in [6.45, 7) is 3.90. The summed E-state index contributed by atoms with van der Waals surface area (Å²) in [4.78, 5) is 11.9. The molecule has 0 radical (unpaired) electrons. The Hall–Kier alpha value is -2.77. The lowest BCUT2D eigenvalue weighted by Gasteiger charge is -2.11. The fourth-order valence-corrected chi connectivity index (χ4v) is 2.46. The summed E-state index contributed by atoms with van der Waals surface area (Å²) >= 11 is 5.89. The van der Waals surface area contributed by atoms with Crippen LogP contribution in [0.15, 0.2) is 42.5 Å². The number of nitriles is 1. The van der Waals surface area contributed by atoms with Gasteiger partial charge in [-0.05, 0) is 47.4 Å². The topological polar surface area (TPSA) is 59.3 Å². The average molecular weight is 370 g/mol. The molecule has 0 atom stereocenters. The van der Waals surface area contributed by atoms with Crippen LogP contribution < -0.4 is 9.47 Å². The number of allylic oxidation sites excluding steroid dienone is 1. The Bertz CT molecular complexity index is 849. The lowest BCUT2D eigenvalue weighted by molar-refractivity contribution is -0.135. The zero-order valence-corrected chi connectivity index (χ0v) is 15.7. The molecule has 0 heterocycles. The molecule has 0 bridgehead atoms. The van der Waals surface area contributed by atoms with Crippen LogP contribution in [0.2, 0.25) is 5.02 Å². The van der Waals surface area contributed by atoms with E-state index in [2.05, 4.69) is 6.07 Å². The van der Waals surface area contributed by atoms with Crippen LogP contribution >= 0.6 is 11.6 Å². The van der Waals surface area contributed by atoms with Gasteiger partial charge in [-0.1, -0.05) is 43.6 Å². The van der Waals surface area contributed by atoms with Gasteiger partial charge in [-0.2, -0.15) is 5.26 Å². The van der Waals surface area contributed by atoms with Crippen molar-refractivity contribution in [3.05, 3.63) is 58.6 Å². The predicted molar refractivity (Wildman–Crippen MR) is 103 cm³/mol. The van der Waals surface area contributed by atoms with Gasteiger partial charge in [-0.3, -0.25) is 4.79 Å². The van der Waals surface area contributed by atoms with E-state index < -0.39 is 0 Å². The van der Waals surface area contributed by atoms with Gasteiger partial charge in [0.2, 0.25) is 0 Å². The van der Waals surface area contributed by atoms with Gasteiger partial charge in [0.15, 0.2) is 11.5 Å². The van der Waals surface area contributed by atoms with Crippen molar-refractivity contribution in [3.63, 3.8) is 0 Å². The molecule has 0 fully saturated rings. The van der Waals surface area contributed by atoms with Gasteiger partial charge < -0.3 is 9.47 Å². The Balaban J connectivity index is 2.28. The molecule has 26 heavy (non-hydrogen) atoms. The molecule has 0 saturated heterocycles. The number of hydrogen-bond donors (Lipinski definition) is 0. The van der Waals surface area contributed by atoms with Crippen LogP contribution in [0, 0.1) is 17.2 Å². The molecule has 4 nitrogen and oxygen atoms in total. The molecular weight excluding hydrogens is 350 g/mol. The Morgan fingerprint density at radius 3 is 2.46 bits per heavy atom. The number of halogens is 1. The van der Waals surface area contributed by atoms with Crippen LogP contribution in [0.5, 0.6) is 11.5 Å². The van der Waals surface area contributed by atoms with Crippen molar-refractivity contribution in [1.82, 2.24) is 0 Å². The van der Waals surface area contributed by atoms with Crippen molar-refractivity contribution in [2.75, 3.05) is 7.11 Å². The summed E-state index contributed by atoms with van der Waals surface area (Å²) in [5, 5.41) is 10.1. The molecule has 134 valence electrons. The zero-order valence-electron chi connectivity index (χ0n) is 15.0. The van der Waals surface area contributed by atoms with Crippen LogP contribution in [0.3, 0.4) is 0 Å². The van der Waals surface area contributed by atoms with E-state index in [4.69, 9.17) is 21.1 Å². The molecule has 0 spiro atoms. The number of nitrogens with zero attached hydrogens (tertiary/aromatic N) is 1. The Morgan fingerprint density at radius 2 is 1.88 bits per heavy atom. The Kier molecular flexibility index (Phi) is 6.82. The van der Waals surface area contributed by atoms with E-state index in [-0.39, 0.29) is 11.9 Å². The maximum absolute atomic E-state index is 11.9. The van der Waals surface area contributed by atoms with Crippen LogP contribution in [0.1, 0.15) is 31.4 Å². The molecule has 0 aliphatic rings. The first kappa shape index (κ1) is 19.6. The second-order valence-electron chi connectivity index (χ2n) is 6.16. The third-order valence-corrected chi connectivity index (χ3v) is 3.83. The number of ether oxygens (including phenoxy) is 2. The number of hydrogen-bond acceptors (Lipinski definition) is 4. The fraction of sp³-hybridized carbons (Fsp3) is 0.238. The molecule has 0 aliphatic heterocycles. The largest absolute Gasteiger partial charge is 0.493 e. The number of methoxy groups -OCH3 is 1. The first-order chi connectivity index (χ1) is 12.4. The maximum atomic E-state index is 11.9. The zero-order chi connectivity index (χ0) is 19.1. The lowest BCUT2D eigenvalue weighted by Crippen LogP contribution is -2.11. The second kappa shape index (κ2) is 9.07. The normalized spacial score (nSPS) is 11.2. The average Bonchev–Trinajstić information content (AvgIpc) is 2.61. The molecule has 2 aromatic rings. The first-order valence-corrected chi connectivity index (χ1v) is 8.57. The lowest BCUT2D eigenvalue weighted by atomic mass is 10.0. The van der Waals surface area contributed by atoms with Gasteiger partial charge in [-0.25, -0.2) is 0 Å². The molecule has 0 aromatic heterocycles. The fourth-order valence-electron chi connectivity index (χ4n) is 2.33. The number of rotatable bonds is 6. The van der Waals surface area contributed by atoms with Crippen molar-refractivity contribution in [2.24, 2.45) is 5.92 Å².